The zero-order valence-electron chi connectivity index (χ0n) is 7.41. The van der Waals surface area contributed by atoms with Crippen LogP contribution in [0.2, 0.25) is 0 Å². The Labute approximate surface area is 72.2 Å². The Balaban J connectivity index is 2.08. The third-order valence-corrected chi connectivity index (χ3v) is 2.31. The molecule has 1 saturated carbocycles. The fourth-order valence-electron chi connectivity index (χ4n) is 1.25. The van der Waals surface area contributed by atoms with Gasteiger partial charge in [-0.05, 0) is 19.3 Å². The predicted molar refractivity (Wildman–Crippen MR) is 48.0 cm³/mol. The lowest BCUT2D eigenvalue weighted by atomic mass is 10.4. The molecule has 2 atom stereocenters. The number of anilines is 1. The number of rotatable bonds is 2. The molecule has 0 radical (unpaired) electrons. The number of nitrogens with zero attached hydrogens (tertiary/aromatic N) is 2. The summed E-state index contributed by atoms with van der Waals surface area (Å²) in [7, 11) is 0. The number of hydrogen-bond donors (Lipinski definition) is 1. The standard InChI is InChI=1S/C9H13N3/c1-6-5-8(6)12-9-7(2)10-3-4-11-9/h3-4,6,8H,5H2,1-2H3,(H,11,12). The van der Waals surface area contributed by atoms with Crippen LogP contribution in [-0.2, 0) is 0 Å². The molecule has 1 aromatic heterocycles. The maximum absolute atomic E-state index is 4.22. The Hall–Kier alpha value is -1.12. The van der Waals surface area contributed by atoms with Crippen LogP contribution >= 0.6 is 0 Å². The summed E-state index contributed by atoms with van der Waals surface area (Å²) in [6.07, 6.45) is 4.70. The molecule has 1 heterocycles. The molecule has 0 bridgehead atoms. The smallest absolute Gasteiger partial charge is 0.147 e. The van der Waals surface area contributed by atoms with E-state index in [0.29, 0.717) is 6.04 Å². The molecule has 0 saturated heterocycles. The minimum absolute atomic E-state index is 0.625. The summed E-state index contributed by atoms with van der Waals surface area (Å²) >= 11 is 0. The Morgan fingerprint density at radius 3 is 2.67 bits per heavy atom. The van der Waals surface area contributed by atoms with E-state index in [1.165, 1.54) is 6.42 Å². The van der Waals surface area contributed by atoms with Crippen molar-refractivity contribution in [2.24, 2.45) is 5.92 Å². The Morgan fingerprint density at radius 1 is 1.42 bits per heavy atom. The second-order valence-electron chi connectivity index (χ2n) is 3.45. The van der Waals surface area contributed by atoms with E-state index < -0.39 is 0 Å². The molecule has 0 aliphatic heterocycles. The summed E-state index contributed by atoms with van der Waals surface area (Å²) in [4.78, 5) is 8.38. The van der Waals surface area contributed by atoms with Crippen molar-refractivity contribution >= 4 is 5.82 Å². The number of aromatic nitrogens is 2. The van der Waals surface area contributed by atoms with Gasteiger partial charge >= 0.3 is 0 Å². The molecule has 3 heteroatoms. The average molecular weight is 163 g/mol. The van der Waals surface area contributed by atoms with Crippen LogP contribution in [-0.4, -0.2) is 16.0 Å². The van der Waals surface area contributed by atoms with Crippen molar-refractivity contribution < 1.29 is 0 Å². The van der Waals surface area contributed by atoms with Gasteiger partial charge in [-0.1, -0.05) is 6.92 Å². The van der Waals surface area contributed by atoms with Crippen molar-refractivity contribution in [2.75, 3.05) is 5.32 Å². The van der Waals surface area contributed by atoms with Crippen molar-refractivity contribution in [1.82, 2.24) is 9.97 Å². The van der Waals surface area contributed by atoms with Gasteiger partial charge in [-0.25, -0.2) is 4.98 Å². The fourth-order valence-corrected chi connectivity index (χ4v) is 1.25. The highest BCUT2D eigenvalue weighted by Gasteiger charge is 2.32. The van der Waals surface area contributed by atoms with Crippen LogP contribution in [0, 0.1) is 12.8 Å². The van der Waals surface area contributed by atoms with E-state index in [4.69, 9.17) is 0 Å². The average Bonchev–Trinajstić information content (AvgIpc) is 2.72. The highest BCUT2D eigenvalue weighted by molar-refractivity contribution is 5.41. The van der Waals surface area contributed by atoms with Gasteiger partial charge in [0.15, 0.2) is 0 Å². The van der Waals surface area contributed by atoms with Crippen LogP contribution in [0.4, 0.5) is 5.82 Å². The minimum Gasteiger partial charge on any atom is -0.366 e. The summed E-state index contributed by atoms with van der Waals surface area (Å²) < 4.78 is 0. The lowest BCUT2D eigenvalue weighted by Crippen LogP contribution is -2.07. The maximum Gasteiger partial charge on any atom is 0.147 e. The van der Waals surface area contributed by atoms with Crippen molar-refractivity contribution in [3.63, 3.8) is 0 Å². The van der Waals surface area contributed by atoms with Crippen molar-refractivity contribution in [3.8, 4) is 0 Å². The fraction of sp³-hybridized carbons (Fsp3) is 0.556. The quantitative estimate of drug-likeness (QED) is 0.719. The summed E-state index contributed by atoms with van der Waals surface area (Å²) in [6, 6.07) is 0.625. The van der Waals surface area contributed by atoms with E-state index in [-0.39, 0.29) is 0 Å². The van der Waals surface area contributed by atoms with Crippen LogP contribution in [0.3, 0.4) is 0 Å². The van der Waals surface area contributed by atoms with Gasteiger partial charge in [0.2, 0.25) is 0 Å². The zero-order valence-corrected chi connectivity index (χ0v) is 7.41. The molecule has 1 fully saturated rings. The molecule has 2 unspecified atom stereocenters. The Morgan fingerprint density at radius 2 is 2.08 bits per heavy atom. The Bertz CT molecular complexity index is 285. The van der Waals surface area contributed by atoms with E-state index >= 15 is 0 Å². The van der Waals surface area contributed by atoms with Gasteiger partial charge < -0.3 is 5.32 Å². The minimum atomic E-state index is 0.625. The lowest BCUT2D eigenvalue weighted by Gasteiger charge is -2.04. The topological polar surface area (TPSA) is 37.8 Å². The SMILES string of the molecule is Cc1nccnc1NC1CC1C. The van der Waals surface area contributed by atoms with Crippen LogP contribution < -0.4 is 5.32 Å². The molecular weight excluding hydrogens is 150 g/mol. The zero-order chi connectivity index (χ0) is 8.55. The molecule has 0 aromatic carbocycles. The normalized spacial score (nSPS) is 26.8. The largest absolute Gasteiger partial charge is 0.366 e. The third-order valence-electron chi connectivity index (χ3n) is 2.31. The summed E-state index contributed by atoms with van der Waals surface area (Å²) in [6.45, 7) is 4.21. The van der Waals surface area contributed by atoms with Crippen LogP contribution in [0.15, 0.2) is 12.4 Å². The van der Waals surface area contributed by atoms with E-state index in [0.717, 1.165) is 17.4 Å². The maximum atomic E-state index is 4.22. The first-order valence-electron chi connectivity index (χ1n) is 4.31. The van der Waals surface area contributed by atoms with Crippen LogP contribution in [0.5, 0.6) is 0 Å². The highest BCUT2D eigenvalue weighted by Crippen LogP contribution is 2.32. The predicted octanol–water partition coefficient (Wildman–Crippen LogP) is 1.61. The molecule has 1 aliphatic carbocycles. The first-order chi connectivity index (χ1) is 5.77. The van der Waals surface area contributed by atoms with E-state index in [1.54, 1.807) is 12.4 Å². The summed E-state index contributed by atoms with van der Waals surface area (Å²) in [5.74, 6) is 1.73. The van der Waals surface area contributed by atoms with Gasteiger partial charge in [0.25, 0.3) is 0 Å². The number of hydrogen-bond acceptors (Lipinski definition) is 3. The number of nitrogens with one attached hydrogen (secondary N) is 1. The van der Waals surface area contributed by atoms with Gasteiger partial charge in [0.05, 0.1) is 5.69 Å². The molecule has 1 aromatic rings. The molecule has 1 aliphatic rings. The van der Waals surface area contributed by atoms with E-state index in [1.807, 2.05) is 6.92 Å². The Kier molecular flexibility index (Phi) is 1.71. The van der Waals surface area contributed by atoms with Gasteiger partial charge in [-0.3, -0.25) is 4.98 Å². The third kappa shape index (κ3) is 1.40. The molecule has 0 spiro atoms. The molecule has 0 amide bonds. The molecule has 12 heavy (non-hydrogen) atoms. The summed E-state index contributed by atoms with van der Waals surface area (Å²) in [5, 5.41) is 3.36. The first-order valence-corrected chi connectivity index (χ1v) is 4.31. The highest BCUT2D eigenvalue weighted by atomic mass is 15.1. The number of aryl methyl sites for hydroxylation is 1. The van der Waals surface area contributed by atoms with Crippen LogP contribution in [0.1, 0.15) is 19.0 Å². The lowest BCUT2D eigenvalue weighted by molar-refractivity contribution is 0.917. The van der Waals surface area contributed by atoms with Gasteiger partial charge in [0, 0.05) is 18.4 Å². The van der Waals surface area contributed by atoms with Crippen molar-refractivity contribution in [3.05, 3.63) is 18.1 Å². The molecule has 3 nitrogen and oxygen atoms in total. The van der Waals surface area contributed by atoms with Crippen molar-refractivity contribution in [2.45, 2.75) is 26.3 Å². The van der Waals surface area contributed by atoms with Gasteiger partial charge in [-0.15, -0.1) is 0 Å². The molecule has 64 valence electrons. The van der Waals surface area contributed by atoms with E-state index in [2.05, 4.69) is 22.2 Å². The molecule has 1 N–H and O–H groups in total. The second kappa shape index (κ2) is 2.73. The van der Waals surface area contributed by atoms with E-state index in [9.17, 15) is 0 Å². The monoisotopic (exact) mass is 163 g/mol. The van der Waals surface area contributed by atoms with Gasteiger partial charge in [-0.2, -0.15) is 0 Å². The first kappa shape index (κ1) is 7.53. The second-order valence-corrected chi connectivity index (χ2v) is 3.45. The van der Waals surface area contributed by atoms with Crippen molar-refractivity contribution in [1.29, 1.82) is 0 Å². The molecule has 2 rings (SSSR count). The summed E-state index contributed by atoms with van der Waals surface area (Å²) in [5.41, 5.74) is 0.983. The molecular formula is C9H13N3. The van der Waals surface area contributed by atoms with Gasteiger partial charge in [0.1, 0.15) is 5.82 Å². The van der Waals surface area contributed by atoms with Crippen LogP contribution in [0.25, 0.3) is 0 Å².